The Morgan fingerprint density at radius 3 is 2.67 bits per heavy atom. The van der Waals surface area contributed by atoms with E-state index >= 15 is 0 Å². The van der Waals surface area contributed by atoms with Gasteiger partial charge >= 0.3 is 6.03 Å². The van der Waals surface area contributed by atoms with Gasteiger partial charge in [0, 0.05) is 18.6 Å². The van der Waals surface area contributed by atoms with Crippen molar-refractivity contribution in [1.82, 2.24) is 16.0 Å². The van der Waals surface area contributed by atoms with E-state index in [9.17, 15) is 4.79 Å². The zero-order valence-corrected chi connectivity index (χ0v) is 9.22. The smallest absolute Gasteiger partial charge is 0.315 e. The van der Waals surface area contributed by atoms with Gasteiger partial charge < -0.3 is 16.0 Å². The summed E-state index contributed by atoms with van der Waals surface area (Å²) in [5, 5.41) is 9.33. The van der Waals surface area contributed by atoms with Crippen molar-refractivity contribution in [2.75, 3.05) is 13.1 Å². The third-order valence-corrected chi connectivity index (χ3v) is 3.36. The molecule has 1 aliphatic heterocycles. The van der Waals surface area contributed by atoms with Crippen molar-refractivity contribution in [1.29, 1.82) is 0 Å². The van der Waals surface area contributed by atoms with Crippen LogP contribution in [0.2, 0.25) is 0 Å². The SMILES string of the molecule is O=C(NCC1CCCCN1)NC1CCC1. The number of rotatable bonds is 3. The van der Waals surface area contributed by atoms with Crippen molar-refractivity contribution in [2.24, 2.45) is 0 Å². The Morgan fingerprint density at radius 2 is 2.07 bits per heavy atom. The Bertz CT molecular complexity index is 210. The van der Waals surface area contributed by atoms with Crippen LogP contribution in [0.3, 0.4) is 0 Å². The number of carbonyl (C=O) groups excluding carboxylic acids is 1. The van der Waals surface area contributed by atoms with Crippen LogP contribution >= 0.6 is 0 Å². The van der Waals surface area contributed by atoms with Crippen molar-refractivity contribution in [3.8, 4) is 0 Å². The van der Waals surface area contributed by atoms with Gasteiger partial charge in [0.15, 0.2) is 0 Å². The highest BCUT2D eigenvalue weighted by Gasteiger charge is 2.19. The monoisotopic (exact) mass is 211 g/mol. The summed E-state index contributed by atoms with van der Waals surface area (Å²) in [6.45, 7) is 1.86. The zero-order valence-electron chi connectivity index (χ0n) is 9.22. The summed E-state index contributed by atoms with van der Waals surface area (Å²) in [6, 6.07) is 0.919. The van der Waals surface area contributed by atoms with Crippen molar-refractivity contribution < 1.29 is 4.79 Å². The van der Waals surface area contributed by atoms with Gasteiger partial charge in [0.1, 0.15) is 0 Å². The quantitative estimate of drug-likeness (QED) is 0.652. The average molecular weight is 211 g/mol. The number of nitrogens with one attached hydrogen (secondary N) is 3. The lowest BCUT2D eigenvalue weighted by atomic mass is 9.93. The molecule has 1 saturated heterocycles. The lowest BCUT2D eigenvalue weighted by Gasteiger charge is -2.28. The van der Waals surface area contributed by atoms with E-state index in [1.165, 1.54) is 25.7 Å². The van der Waals surface area contributed by atoms with Gasteiger partial charge in [0.05, 0.1) is 0 Å². The molecular weight excluding hydrogens is 190 g/mol. The fraction of sp³-hybridized carbons (Fsp3) is 0.909. The molecule has 3 N–H and O–H groups in total. The summed E-state index contributed by atoms with van der Waals surface area (Å²) in [4.78, 5) is 11.4. The summed E-state index contributed by atoms with van der Waals surface area (Å²) in [7, 11) is 0. The van der Waals surface area contributed by atoms with Crippen LogP contribution < -0.4 is 16.0 Å². The van der Waals surface area contributed by atoms with Gasteiger partial charge in [-0.25, -0.2) is 4.79 Å². The average Bonchev–Trinajstić information content (AvgIpc) is 2.22. The third-order valence-electron chi connectivity index (χ3n) is 3.36. The van der Waals surface area contributed by atoms with Crippen LogP contribution in [0.4, 0.5) is 4.79 Å². The first kappa shape index (κ1) is 10.7. The van der Waals surface area contributed by atoms with E-state index in [2.05, 4.69) is 16.0 Å². The maximum atomic E-state index is 11.4. The van der Waals surface area contributed by atoms with Gasteiger partial charge in [-0.15, -0.1) is 0 Å². The summed E-state index contributed by atoms with van der Waals surface area (Å²) in [5.74, 6) is 0. The van der Waals surface area contributed by atoms with Crippen LogP contribution in [0.5, 0.6) is 0 Å². The predicted octanol–water partition coefficient (Wildman–Crippen LogP) is 0.980. The van der Waals surface area contributed by atoms with E-state index < -0.39 is 0 Å². The Kier molecular flexibility index (Phi) is 3.83. The molecule has 1 heterocycles. The van der Waals surface area contributed by atoms with Crippen LogP contribution in [-0.2, 0) is 0 Å². The second-order valence-electron chi connectivity index (χ2n) is 4.63. The largest absolute Gasteiger partial charge is 0.337 e. The van der Waals surface area contributed by atoms with Crippen molar-refractivity contribution in [2.45, 2.75) is 50.6 Å². The number of urea groups is 1. The first-order valence-corrected chi connectivity index (χ1v) is 6.12. The van der Waals surface area contributed by atoms with Crippen molar-refractivity contribution in [3.63, 3.8) is 0 Å². The standard InChI is InChI=1S/C11H21N3O/c15-11(14-9-5-3-6-9)13-8-10-4-1-2-7-12-10/h9-10,12H,1-8H2,(H2,13,14,15). The first-order valence-electron chi connectivity index (χ1n) is 6.12. The molecule has 15 heavy (non-hydrogen) atoms. The third kappa shape index (κ3) is 3.38. The molecule has 0 aromatic heterocycles. The van der Waals surface area contributed by atoms with Crippen molar-refractivity contribution in [3.05, 3.63) is 0 Å². The van der Waals surface area contributed by atoms with Crippen LogP contribution in [-0.4, -0.2) is 31.2 Å². The number of hydrogen-bond donors (Lipinski definition) is 3. The molecule has 2 aliphatic rings. The van der Waals surface area contributed by atoms with Crippen LogP contribution in [0.1, 0.15) is 38.5 Å². The minimum Gasteiger partial charge on any atom is -0.337 e. The highest BCUT2D eigenvalue weighted by atomic mass is 16.2. The van der Waals surface area contributed by atoms with Gasteiger partial charge in [-0.05, 0) is 38.6 Å². The molecule has 2 amide bonds. The molecule has 1 atom stereocenters. The Labute approximate surface area is 91.2 Å². The molecule has 1 unspecified atom stereocenters. The molecule has 2 fully saturated rings. The fourth-order valence-electron chi connectivity index (χ4n) is 2.10. The maximum Gasteiger partial charge on any atom is 0.315 e. The molecule has 1 aliphatic carbocycles. The van der Waals surface area contributed by atoms with E-state index in [0.717, 1.165) is 25.9 Å². The Hall–Kier alpha value is -0.770. The molecule has 0 bridgehead atoms. The molecule has 0 aromatic rings. The Balaban J connectivity index is 1.57. The number of amides is 2. The molecule has 0 aromatic carbocycles. The highest BCUT2D eigenvalue weighted by Crippen LogP contribution is 2.17. The normalized spacial score (nSPS) is 26.8. The van der Waals surface area contributed by atoms with E-state index in [1.807, 2.05) is 0 Å². The molecule has 2 rings (SSSR count). The predicted molar refractivity (Wildman–Crippen MR) is 59.8 cm³/mol. The second-order valence-corrected chi connectivity index (χ2v) is 4.63. The minimum absolute atomic E-state index is 0.00655. The van der Waals surface area contributed by atoms with Crippen LogP contribution in [0, 0.1) is 0 Å². The first-order chi connectivity index (χ1) is 7.34. The van der Waals surface area contributed by atoms with E-state index in [0.29, 0.717) is 12.1 Å². The summed E-state index contributed by atoms with van der Waals surface area (Å²) >= 11 is 0. The van der Waals surface area contributed by atoms with E-state index in [1.54, 1.807) is 0 Å². The highest BCUT2D eigenvalue weighted by molar-refractivity contribution is 5.74. The summed E-state index contributed by atoms with van der Waals surface area (Å²) in [5.41, 5.74) is 0. The van der Waals surface area contributed by atoms with Gasteiger partial charge in [-0.3, -0.25) is 0 Å². The fourth-order valence-corrected chi connectivity index (χ4v) is 2.10. The number of hydrogen-bond acceptors (Lipinski definition) is 2. The maximum absolute atomic E-state index is 11.4. The minimum atomic E-state index is 0.00655. The second kappa shape index (κ2) is 5.35. The zero-order chi connectivity index (χ0) is 10.5. The molecule has 4 heteroatoms. The van der Waals surface area contributed by atoms with Gasteiger partial charge in [0.2, 0.25) is 0 Å². The molecule has 4 nitrogen and oxygen atoms in total. The number of piperidine rings is 1. The molecular formula is C11H21N3O. The van der Waals surface area contributed by atoms with Crippen molar-refractivity contribution >= 4 is 6.03 Å². The molecule has 0 radical (unpaired) electrons. The van der Waals surface area contributed by atoms with Crippen LogP contribution in [0.15, 0.2) is 0 Å². The lowest BCUT2D eigenvalue weighted by Crippen LogP contribution is -2.49. The summed E-state index contributed by atoms with van der Waals surface area (Å²) < 4.78 is 0. The van der Waals surface area contributed by atoms with Gasteiger partial charge in [-0.2, -0.15) is 0 Å². The molecule has 1 saturated carbocycles. The Morgan fingerprint density at radius 1 is 1.20 bits per heavy atom. The van der Waals surface area contributed by atoms with Crippen LogP contribution in [0.25, 0.3) is 0 Å². The lowest BCUT2D eigenvalue weighted by molar-refractivity contribution is 0.226. The number of carbonyl (C=O) groups is 1. The molecule has 86 valence electrons. The topological polar surface area (TPSA) is 53.2 Å². The molecule has 0 spiro atoms. The van der Waals surface area contributed by atoms with Gasteiger partial charge in [-0.1, -0.05) is 6.42 Å². The van der Waals surface area contributed by atoms with Gasteiger partial charge in [0.25, 0.3) is 0 Å². The van der Waals surface area contributed by atoms with E-state index in [-0.39, 0.29) is 6.03 Å². The summed E-state index contributed by atoms with van der Waals surface area (Å²) in [6.07, 6.45) is 7.29. The van der Waals surface area contributed by atoms with E-state index in [4.69, 9.17) is 0 Å².